The zero-order valence-corrected chi connectivity index (χ0v) is 11.4. The molecule has 0 radical (unpaired) electrons. The van der Waals surface area contributed by atoms with E-state index in [2.05, 4.69) is 21.4 Å². The summed E-state index contributed by atoms with van der Waals surface area (Å²) in [5.74, 6) is 5.29. The van der Waals surface area contributed by atoms with E-state index in [0.29, 0.717) is 0 Å². The molecule has 0 saturated heterocycles. The predicted octanol–water partition coefficient (Wildman–Crippen LogP) is 3.40. The summed E-state index contributed by atoms with van der Waals surface area (Å²) in [5, 5.41) is 0. The van der Waals surface area contributed by atoms with Crippen LogP contribution in [0.1, 0.15) is 16.5 Å². The molecule has 1 heterocycles. The SMILES string of the molecule is NNC(Cc1ccc(Br)s1)c1cccc(F)c1. The van der Waals surface area contributed by atoms with Crippen LogP contribution in [0, 0.1) is 5.82 Å². The molecule has 1 aromatic carbocycles. The van der Waals surface area contributed by atoms with E-state index in [9.17, 15) is 4.39 Å². The third kappa shape index (κ3) is 3.35. The first-order valence-electron chi connectivity index (χ1n) is 5.15. The number of hydrogen-bond acceptors (Lipinski definition) is 3. The number of nitrogens with two attached hydrogens (primary N) is 1. The summed E-state index contributed by atoms with van der Waals surface area (Å²) in [7, 11) is 0. The Balaban J connectivity index is 2.16. The van der Waals surface area contributed by atoms with Crippen molar-refractivity contribution in [3.05, 3.63) is 56.4 Å². The quantitative estimate of drug-likeness (QED) is 0.670. The van der Waals surface area contributed by atoms with Crippen LogP contribution < -0.4 is 11.3 Å². The highest BCUT2D eigenvalue weighted by Gasteiger charge is 2.12. The molecule has 90 valence electrons. The zero-order valence-electron chi connectivity index (χ0n) is 8.99. The summed E-state index contributed by atoms with van der Waals surface area (Å²) in [4.78, 5) is 1.20. The van der Waals surface area contributed by atoms with Crippen LogP contribution in [0.25, 0.3) is 0 Å². The summed E-state index contributed by atoms with van der Waals surface area (Å²) in [6.07, 6.45) is 0.746. The lowest BCUT2D eigenvalue weighted by Crippen LogP contribution is -2.29. The van der Waals surface area contributed by atoms with Gasteiger partial charge in [-0.15, -0.1) is 11.3 Å². The fraction of sp³-hybridized carbons (Fsp3) is 0.167. The number of hydrazine groups is 1. The minimum Gasteiger partial charge on any atom is -0.271 e. The monoisotopic (exact) mass is 314 g/mol. The molecular weight excluding hydrogens is 303 g/mol. The molecule has 2 rings (SSSR count). The van der Waals surface area contributed by atoms with Crippen molar-refractivity contribution < 1.29 is 4.39 Å². The number of benzene rings is 1. The molecule has 0 amide bonds. The molecule has 1 unspecified atom stereocenters. The van der Waals surface area contributed by atoms with Crippen LogP contribution in [0.3, 0.4) is 0 Å². The van der Waals surface area contributed by atoms with Crippen molar-refractivity contribution >= 4 is 27.3 Å². The first-order chi connectivity index (χ1) is 8.19. The van der Waals surface area contributed by atoms with Crippen molar-refractivity contribution in [2.45, 2.75) is 12.5 Å². The van der Waals surface area contributed by atoms with Gasteiger partial charge in [0, 0.05) is 11.3 Å². The summed E-state index contributed by atoms with van der Waals surface area (Å²) >= 11 is 5.08. The highest BCUT2D eigenvalue weighted by Crippen LogP contribution is 2.26. The van der Waals surface area contributed by atoms with Gasteiger partial charge >= 0.3 is 0 Å². The maximum Gasteiger partial charge on any atom is 0.123 e. The minimum atomic E-state index is -0.241. The molecule has 0 bridgehead atoms. The van der Waals surface area contributed by atoms with Crippen molar-refractivity contribution in [2.24, 2.45) is 5.84 Å². The smallest absolute Gasteiger partial charge is 0.123 e. The van der Waals surface area contributed by atoms with Crippen molar-refractivity contribution in [1.29, 1.82) is 0 Å². The number of thiophene rings is 1. The molecular formula is C12H12BrFN2S. The Morgan fingerprint density at radius 3 is 2.76 bits per heavy atom. The topological polar surface area (TPSA) is 38.0 Å². The number of rotatable bonds is 4. The molecule has 0 aliphatic heterocycles. The fourth-order valence-electron chi connectivity index (χ4n) is 1.66. The third-order valence-corrected chi connectivity index (χ3v) is 4.13. The Labute approximate surface area is 112 Å². The molecule has 2 aromatic rings. The van der Waals surface area contributed by atoms with E-state index in [1.54, 1.807) is 17.4 Å². The van der Waals surface area contributed by atoms with Crippen LogP contribution in [0.15, 0.2) is 40.2 Å². The van der Waals surface area contributed by atoms with Gasteiger partial charge in [0.1, 0.15) is 5.82 Å². The van der Waals surface area contributed by atoms with Gasteiger partial charge in [-0.2, -0.15) is 0 Å². The Morgan fingerprint density at radius 2 is 2.18 bits per heavy atom. The van der Waals surface area contributed by atoms with Gasteiger partial charge in [0.25, 0.3) is 0 Å². The van der Waals surface area contributed by atoms with Crippen LogP contribution in [-0.4, -0.2) is 0 Å². The van der Waals surface area contributed by atoms with Crippen LogP contribution in [0.4, 0.5) is 4.39 Å². The van der Waals surface area contributed by atoms with Crippen molar-refractivity contribution in [1.82, 2.24) is 5.43 Å². The lowest BCUT2D eigenvalue weighted by Gasteiger charge is -2.15. The van der Waals surface area contributed by atoms with Gasteiger partial charge in [-0.25, -0.2) is 4.39 Å². The van der Waals surface area contributed by atoms with Gasteiger partial charge in [-0.1, -0.05) is 12.1 Å². The van der Waals surface area contributed by atoms with Crippen LogP contribution in [0.5, 0.6) is 0 Å². The zero-order chi connectivity index (χ0) is 12.3. The molecule has 1 atom stereocenters. The fourth-order valence-corrected chi connectivity index (χ4v) is 3.19. The molecule has 0 spiro atoms. The maximum absolute atomic E-state index is 13.1. The number of halogens is 2. The summed E-state index contributed by atoms with van der Waals surface area (Å²) in [6, 6.07) is 10.5. The predicted molar refractivity (Wildman–Crippen MR) is 72.2 cm³/mol. The van der Waals surface area contributed by atoms with Crippen molar-refractivity contribution in [3.8, 4) is 0 Å². The normalized spacial score (nSPS) is 12.6. The van der Waals surface area contributed by atoms with Gasteiger partial charge in [0.2, 0.25) is 0 Å². The molecule has 0 saturated carbocycles. The van der Waals surface area contributed by atoms with E-state index in [0.717, 1.165) is 15.8 Å². The van der Waals surface area contributed by atoms with Crippen molar-refractivity contribution in [2.75, 3.05) is 0 Å². The lowest BCUT2D eigenvalue weighted by molar-refractivity contribution is 0.548. The molecule has 0 aliphatic carbocycles. The summed E-state index contributed by atoms with van der Waals surface area (Å²) in [6.45, 7) is 0. The Morgan fingerprint density at radius 1 is 1.35 bits per heavy atom. The average Bonchev–Trinajstić information content (AvgIpc) is 2.72. The molecule has 5 heteroatoms. The minimum absolute atomic E-state index is 0.0729. The standard InChI is InChI=1S/C12H12BrFN2S/c13-12-5-4-10(17-12)7-11(16-15)8-2-1-3-9(14)6-8/h1-6,11,16H,7,15H2. The number of hydrogen-bond donors (Lipinski definition) is 2. The first kappa shape index (κ1) is 12.7. The van der Waals surface area contributed by atoms with E-state index < -0.39 is 0 Å². The van der Waals surface area contributed by atoms with E-state index in [1.807, 2.05) is 18.2 Å². The lowest BCUT2D eigenvalue weighted by atomic mass is 10.0. The molecule has 2 nitrogen and oxygen atoms in total. The number of nitrogens with one attached hydrogen (secondary N) is 1. The molecule has 0 aliphatic rings. The highest BCUT2D eigenvalue weighted by atomic mass is 79.9. The average molecular weight is 315 g/mol. The van der Waals surface area contributed by atoms with Gasteiger partial charge in [-0.05, 0) is 45.8 Å². The van der Waals surface area contributed by atoms with E-state index in [-0.39, 0.29) is 11.9 Å². The van der Waals surface area contributed by atoms with Gasteiger partial charge in [0.05, 0.1) is 9.83 Å². The molecule has 17 heavy (non-hydrogen) atoms. The van der Waals surface area contributed by atoms with Gasteiger partial charge in [-0.3, -0.25) is 11.3 Å². The largest absolute Gasteiger partial charge is 0.271 e. The van der Waals surface area contributed by atoms with E-state index in [4.69, 9.17) is 5.84 Å². The third-order valence-electron chi connectivity index (χ3n) is 2.49. The maximum atomic E-state index is 13.1. The van der Waals surface area contributed by atoms with Crippen LogP contribution in [-0.2, 0) is 6.42 Å². The van der Waals surface area contributed by atoms with Gasteiger partial charge in [0.15, 0.2) is 0 Å². The highest BCUT2D eigenvalue weighted by molar-refractivity contribution is 9.11. The summed E-state index contributed by atoms with van der Waals surface area (Å²) < 4.78 is 14.2. The Hall–Kier alpha value is -0.750. The van der Waals surface area contributed by atoms with E-state index in [1.165, 1.54) is 17.0 Å². The second-order valence-electron chi connectivity index (χ2n) is 3.68. The van der Waals surface area contributed by atoms with Crippen LogP contribution >= 0.6 is 27.3 Å². The Kier molecular flexibility index (Phi) is 4.28. The first-order valence-corrected chi connectivity index (χ1v) is 6.76. The van der Waals surface area contributed by atoms with E-state index >= 15 is 0 Å². The second kappa shape index (κ2) is 5.73. The molecule has 1 aromatic heterocycles. The summed E-state index contributed by atoms with van der Waals surface area (Å²) in [5.41, 5.74) is 3.59. The molecule has 0 fully saturated rings. The van der Waals surface area contributed by atoms with Crippen molar-refractivity contribution in [3.63, 3.8) is 0 Å². The van der Waals surface area contributed by atoms with Gasteiger partial charge < -0.3 is 0 Å². The second-order valence-corrected chi connectivity index (χ2v) is 6.23. The Bertz CT molecular complexity index is 501. The van der Waals surface area contributed by atoms with Crippen LogP contribution in [0.2, 0.25) is 0 Å². The molecule has 3 N–H and O–H groups in total.